The number of likely N-dealkylation sites (tertiary alicyclic amines) is 1. The number of amides is 2. The first-order valence-electron chi connectivity index (χ1n) is 11.1. The third-order valence-electron chi connectivity index (χ3n) is 5.92. The molecule has 0 bridgehead atoms. The fourth-order valence-electron chi connectivity index (χ4n) is 3.99. The number of carbonyl (C=O) groups excluding carboxylic acids is 2. The number of anilines is 1. The monoisotopic (exact) mass is 456 g/mol. The average molecular weight is 457 g/mol. The van der Waals surface area contributed by atoms with Crippen LogP contribution >= 0.6 is 0 Å². The Balaban J connectivity index is 1.60. The molecule has 1 fully saturated rings. The number of benzene rings is 2. The summed E-state index contributed by atoms with van der Waals surface area (Å²) in [6.07, 6.45) is 2.35. The summed E-state index contributed by atoms with van der Waals surface area (Å²) in [5.74, 6) is 1.65. The molecule has 1 aliphatic rings. The molecule has 1 aliphatic heterocycles. The van der Waals surface area contributed by atoms with Crippen LogP contribution in [0.2, 0.25) is 0 Å². The van der Waals surface area contributed by atoms with Gasteiger partial charge in [-0.05, 0) is 61.1 Å². The van der Waals surface area contributed by atoms with Crippen LogP contribution in [0, 0.1) is 5.92 Å². The molecule has 1 saturated heterocycles. The molecule has 0 aromatic heterocycles. The highest BCUT2D eigenvalue weighted by atomic mass is 16.5. The Morgan fingerprint density at radius 2 is 1.70 bits per heavy atom. The molecule has 0 saturated carbocycles. The maximum Gasteiger partial charge on any atom is 0.253 e. The van der Waals surface area contributed by atoms with Gasteiger partial charge in [-0.15, -0.1) is 0 Å². The summed E-state index contributed by atoms with van der Waals surface area (Å²) in [7, 11) is 4.65. The smallest absolute Gasteiger partial charge is 0.253 e. The third-order valence-corrected chi connectivity index (χ3v) is 5.92. The zero-order chi connectivity index (χ0) is 23.8. The topological polar surface area (TPSA) is 97.3 Å². The first-order chi connectivity index (χ1) is 16.0. The Kier molecular flexibility index (Phi) is 8.54. The molecule has 0 atom stereocenters. The van der Waals surface area contributed by atoms with Gasteiger partial charge in [0.05, 0.1) is 21.3 Å². The predicted octanol–water partition coefficient (Wildman–Crippen LogP) is 3.13. The van der Waals surface area contributed by atoms with Gasteiger partial charge in [-0.3, -0.25) is 9.59 Å². The van der Waals surface area contributed by atoms with E-state index in [0.29, 0.717) is 48.0 Å². The summed E-state index contributed by atoms with van der Waals surface area (Å²) in [5, 5.41) is 12.2. The number of aryl methyl sites for hydroxylation is 1. The summed E-state index contributed by atoms with van der Waals surface area (Å²) in [6.45, 7) is 1.44. The first kappa shape index (κ1) is 24.4. The van der Waals surface area contributed by atoms with Crippen LogP contribution < -0.4 is 19.5 Å². The fourth-order valence-corrected chi connectivity index (χ4v) is 3.99. The molecular weight excluding hydrogens is 424 g/mol. The molecule has 0 radical (unpaired) electrons. The van der Waals surface area contributed by atoms with Crippen LogP contribution in [0.5, 0.6) is 17.2 Å². The minimum atomic E-state index is -0.155. The van der Waals surface area contributed by atoms with Crippen molar-refractivity contribution in [3.8, 4) is 17.2 Å². The Bertz CT molecular complexity index is 944. The molecule has 0 unspecified atom stereocenters. The number of nitrogens with one attached hydrogen (secondary N) is 1. The average Bonchev–Trinajstić information content (AvgIpc) is 2.86. The first-order valence-corrected chi connectivity index (χ1v) is 11.1. The number of nitrogens with zero attached hydrogens (tertiary/aromatic N) is 1. The summed E-state index contributed by atoms with van der Waals surface area (Å²) < 4.78 is 16.1. The molecular formula is C25H32N2O6. The lowest BCUT2D eigenvalue weighted by molar-refractivity contribution is -0.116. The van der Waals surface area contributed by atoms with E-state index in [2.05, 4.69) is 5.32 Å². The molecule has 8 heteroatoms. The number of ether oxygens (including phenoxy) is 3. The van der Waals surface area contributed by atoms with Crippen molar-refractivity contribution in [1.29, 1.82) is 0 Å². The second kappa shape index (κ2) is 11.6. The van der Waals surface area contributed by atoms with Gasteiger partial charge in [-0.25, -0.2) is 0 Å². The van der Waals surface area contributed by atoms with Gasteiger partial charge in [0.25, 0.3) is 5.91 Å². The zero-order valence-electron chi connectivity index (χ0n) is 19.4. The molecule has 2 aromatic carbocycles. The van der Waals surface area contributed by atoms with Crippen LogP contribution in [-0.2, 0) is 11.2 Å². The van der Waals surface area contributed by atoms with E-state index in [4.69, 9.17) is 14.2 Å². The van der Waals surface area contributed by atoms with Crippen molar-refractivity contribution in [3.63, 3.8) is 0 Å². The fraction of sp³-hybridized carbons (Fsp3) is 0.440. The van der Waals surface area contributed by atoms with Crippen LogP contribution in [0.25, 0.3) is 0 Å². The van der Waals surface area contributed by atoms with Crippen LogP contribution in [-0.4, -0.2) is 62.8 Å². The van der Waals surface area contributed by atoms with E-state index < -0.39 is 0 Å². The molecule has 178 valence electrons. The zero-order valence-corrected chi connectivity index (χ0v) is 19.4. The maximum atomic E-state index is 12.8. The van der Waals surface area contributed by atoms with E-state index >= 15 is 0 Å². The lowest BCUT2D eigenvalue weighted by Gasteiger charge is -2.31. The van der Waals surface area contributed by atoms with Crippen molar-refractivity contribution in [2.24, 2.45) is 5.92 Å². The highest BCUT2D eigenvalue weighted by molar-refractivity contribution is 5.97. The van der Waals surface area contributed by atoms with Crippen molar-refractivity contribution in [1.82, 2.24) is 4.90 Å². The SMILES string of the molecule is COc1cc(CCC(=O)Nc2cccc(C(=O)N3CCC(CO)CC3)c2)cc(OC)c1OC. The van der Waals surface area contributed by atoms with E-state index in [1.54, 1.807) is 50.5 Å². The Morgan fingerprint density at radius 3 is 2.27 bits per heavy atom. The van der Waals surface area contributed by atoms with Crippen molar-refractivity contribution < 1.29 is 28.9 Å². The molecule has 33 heavy (non-hydrogen) atoms. The van der Waals surface area contributed by atoms with Crippen LogP contribution in [0.1, 0.15) is 35.2 Å². The third kappa shape index (κ3) is 6.16. The second-order valence-corrected chi connectivity index (χ2v) is 8.08. The van der Waals surface area contributed by atoms with Gasteiger partial charge in [0, 0.05) is 37.4 Å². The molecule has 0 spiro atoms. The van der Waals surface area contributed by atoms with Gasteiger partial charge in [-0.2, -0.15) is 0 Å². The van der Waals surface area contributed by atoms with E-state index in [-0.39, 0.29) is 30.8 Å². The number of methoxy groups -OCH3 is 3. The number of hydrogen-bond acceptors (Lipinski definition) is 6. The van der Waals surface area contributed by atoms with Gasteiger partial charge >= 0.3 is 0 Å². The molecule has 8 nitrogen and oxygen atoms in total. The summed E-state index contributed by atoms with van der Waals surface area (Å²) in [5.41, 5.74) is 2.01. The lowest BCUT2D eigenvalue weighted by atomic mass is 9.97. The van der Waals surface area contributed by atoms with Crippen LogP contribution in [0.4, 0.5) is 5.69 Å². The maximum absolute atomic E-state index is 12.8. The van der Waals surface area contributed by atoms with Crippen molar-refractivity contribution in [2.75, 3.05) is 46.3 Å². The van der Waals surface area contributed by atoms with Crippen LogP contribution in [0.15, 0.2) is 36.4 Å². The van der Waals surface area contributed by atoms with E-state index in [0.717, 1.165) is 18.4 Å². The highest BCUT2D eigenvalue weighted by Gasteiger charge is 2.23. The van der Waals surface area contributed by atoms with Gasteiger partial charge in [0.2, 0.25) is 11.7 Å². The second-order valence-electron chi connectivity index (χ2n) is 8.08. The van der Waals surface area contributed by atoms with E-state index in [1.807, 2.05) is 12.1 Å². The molecule has 2 N–H and O–H groups in total. The van der Waals surface area contributed by atoms with E-state index in [1.165, 1.54) is 0 Å². The number of hydrogen-bond donors (Lipinski definition) is 2. The van der Waals surface area contributed by atoms with Gasteiger partial charge in [0.15, 0.2) is 11.5 Å². The van der Waals surface area contributed by atoms with Crippen molar-refractivity contribution in [3.05, 3.63) is 47.5 Å². The van der Waals surface area contributed by atoms with Crippen LogP contribution in [0.3, 0.4) is 0 Å². The quantitative estimate of drug-likeness (QED) is 0.602. The Morgan fingerprint density at radius 1 is 1.03 bits per heavy atom. The summed E-state index contributed by atoms with van der Waals surface area (Å²) >= 11 is 0. The van der Waals surface area contributed by atoms with Crippen molar-refractivity contribution in [2.45, 2.75) is 25.7 Å². The van der Waals surface area contributed by atoms with Gasteiger partial charge < -0.3 is 29.5 Å². The number of carbonyl (C=O) groups is 2. The minimum absolute atomic E-state index is 0.0556. The molecule has 1 heterocycles. The molecule has 2 amide bonds. The normalized spacial score (nSPS) is 14.0. The highest BCUT2D eigenvalue weighted by Crippen LogP contribution is 2.38. The summed E-state index contributed by atoms with van der Waals surface area (Å²) in [4.78, 5) is 27.2. The molecule has 0 aliphatic carbocycles. The number of piperidine rings is 1. The van der Waals surface area contributed by atoms with Gasteiger partial charge in [-0.1, -0.05) is 6.07 Å². The number of rotatable bonds is 9. The largest absolute Gasteiger partial charge is 0.493 e. The minimum Gasteiger partial charge on any atom is -0.493 e. The summed E-state index contributed by atoms with van der Waals surface area (Å²) in [6, 6.07) is 10.7. The Hall–Kier alpha value is -3.26. The predicted molar refractivity (Wildman–Crippen MR) is 125 cm³/mol. The molecule has 3 rings (SSSR count). The Labute approximate surface area is 194 Å². The number of aliphatic hydroxyl groups excluding tert-OH is 1. The van der Waals surface area contributed by atoms with E-state index in [9.17, 15) is 14.7 Å². The lowest BCUT2D eigenvalue weighted by Crippen LogP contribution is -2.39. The van der Waals surface area contributed by atoms with Gasteiger partial charge in [0.1, 0.15) is 0 Å². The number of aliphatic hydroxyl groups is 1. The van der Waals surface area contributed by atoms with Crippen molar-refractivity contribution >= 4 is 17.5 Å². The standard InChI is InChI=1S/C25H32N2O6/c1-31-21-13-18(14-22(32-2)24(21)33-3)7-8-23(29)26-20-6-4-5-19(15-20)25(30)27-11-9-17(16-28)10-12-27/h4-6,13-15,17,28H,7-12,16H2,1-3H3,(H,26,29). The molecule has 2 aromatic rings.